The number of rotatable bonds is 1. The summed E-state index contributed by atoms with van der Waals surface area (Å²) in [6.07, 6.45) is 1.19. The van der Waals surface area contributed by atoms with Crippen LogP contribution in [0.25, 0.3) is 0 Å². The molecule has 2 rings (SSSR count). The molecule has 1 aromatic rings. The number of alkyl halides is 1. The van der Waals surface area contributed by atoms with Gasteiger partial charge < -0.3 is 4.90 Å². The van der Waals surface area contributed by atoms with Gasteiger partial charge >= 0.3 is 0 Å². The normalized spacial score (nSPS) is 28.1. The van der Waals surface area contributed by atoms with Crippen LogP contribution < -0.4 is 4.90 Å². The maximum Gasteiger partial charge on any atom is 0.208 e. The fraction of sp³-hybridized carbons (Fsp3) is 0.778. The minimum Gasteiger partial charge on any atom is -0.346 e. The molecule has 3 nitrogen and oxygen atoms in total. The van der Waals surface area contributed by atoms with Crippen molar-refractivity contribution in [1.82, 2.24) is 10.2 Å². The molecule has 0 N–H and O–H groups in total. The Morgan fingerprint density at radius 2 is 2.29 bits per heavy atom. The molecule has 0 aromatic carbocycles. The molecule has 1 aliphatic rings. The van der Waals surface area contributed by atoms with Gasteiger partial charge in [0.05, 0.1) is 0 Å². The van der Waals surface area contributed by atoms with E-state index in [1.165, 1.54) is 6.42 Å². The number of hydrogen-bond acceptors (Lipinski definition) is 4. The highest BCUT2D eigenvalue weighted by molar-refractivity contribution is 9.09. The molecule has 2 atom stereocenters. The van der Waals surface area contributed by atoms with Crippen LogP contribution in [0.5, 0.6) is 0 Å². The zero-order valence-electron chi connectivity index (χ0n) is 8.40. The summed E-state index contributed by atoms with van der Waals surface area (Å²) >= 11 is 5.39. The molecule has 0 radical (unpaired) electrons. The molecule has 1 saturated heterocycles. The van der Waals surface area contributed by atoms with Crippen LogP contribution in [-0.2, 0) is 0 Å². The topological polar surface area (TPSA) is 29.0 Å². The average Bonchev–Trinajstić information content (AvgIpc) is 2.57. The quantitative estimate of drug-likeness (QED) is 0.738. The largest absolute Gasteiger partial charge is 0.346 e. The Morgan fingerprint density at radius 3 is 2.86 bits per heavy atom. The highest BCUT2D eigenvalue weighted by Crippen LogP contribution is 2.28. The standard InChI is InChI=1S/C9H14BrN3S/c1-6-5-13(4-3-8(6)10)9-12-11-7(2)14-9/h6,8H,3-5H2,1-2H3. The van der Waals surface area contributed by atoms with Gasteiger partial charge in [-0.1, -0.05) is 34.2 Å². The third-order valence-electron chi connectivity index (χ3n) is 2.59. The summed E-state index contributed by atoms with van der Waals surface area (Å²) in [4.78, 5) is 3.00. The lowest BCUT2D eigenvalue weighted by Gasteiger charge is -2.33. The van der Waals surface area contributed by atoms with Crippen molar-refractivity contribution in [3.8, 4) is 0 Å². The van der Waals surface area contributed by atoms with Gasteiger partial charge in [0.15, 0.2) is 0 Å². The Labute approximate surface area is 96.7 Å². The number of aryl methyl sites for hydroxylation is 1. The summed E-state index contributed by atoms with van der Waals surface area (Å²) in [5.74, 6) is 0.688. The third-order valence-corrected chi connectivity index (χ3v) is 4.85. The van der Waals surface area contributed by atoms with Gasteiger partial charge in [-0.2, -0.15) is 0 Å². The van der Waals surface area contributed by atoms with Crippen molar-refractivity contribution in [2.45, 2.75) is 25.1 Å². The SMILES string of the molecule is Cc1nnc(N2CCC(Br)C(C)C2)s1. The summed E-state index contributed by atoms with van der Waals surface area (Å²) in [6.45, 7) is 6.46. The maximum absolute atomic E-state index is 4.18. The average molecular weight is 276 g/mol. The van der Waals surface area contributed by atoms with Crippen LogP contribution in [0.4, 0.5) is 5.13 Å². The Balaban J connectivity index is 2.06. The minimum atomic E-state index is 0.660. The second-order valence-corrected chi connectivity index (χ2v) is 6.17. The first kappa shape index (κ1) is 10.4. The summed E-state index contributed by atoms with van der Waals surface area (Å²) in [5.41, 5.74) is 0. The summed E-state index contributed by atoms with van der Waals surface area (Å²) in [6, 6.07) is 0. The maximum atomic E-state index is 4.18. The van der Waals surface area contributed by atoms with Crippen molar-refractivity contribution in [3.63, 3.8) is 0 Å². The van der Waals surface area contributed by atoms with Crippen molar-refractivity contribution in [1.29, 1.82) is 0 Å². The third kappa shape index (κ3) is 2.08. The Bertz CT molecular complexity index is 315. The van der Waals surface area contributed by atoms with Crippen LogP contribution in [0, 0.1) is 12.8 Å². The number of aromatic nitrogens is 2. The van der Waals surface area contributed by atoms with Crippen LogP contribution >= 0.6 is 27.3 Å². The molecular formula is C9H14BrN3S. The van der Waals surface area contributed by atoms with E-state index >= 15 is 0 Å². The van der Waals surface area contributed by atoms with Crippen LogP contribution in [0.2, 0.25) is 0 Å². The van der Waals surface area contributed by atoms with Crippen LogP contribution in [0.15, 0.2) is 0 Å². The first-order valence-corrected chi connectivity index (χ1v) is 6.59. The van der Waals surface area contributed by atoms with Crippen molar-refractivity contribution in [2.24, 2.45) is 5.92 Å². The summed E-state index contributed by atoms with van der Waals surface area (Å²) in [7, 11) is 0. The second-order valence-electron chi connectivity index (χ2n) is 3.83. The molecule has 1 aromatic heterocycles. The van der Waals surface area contributed by atoms with Crippen LogP contribution in [0.1, 0.15) is 18.4 Å². The van der Waals surface area contributed by atoms with Crippen molar-refractivity contribution < 1.29 is 0 Å². The molecule has 2 heterocycles. The van der Waals surface area contributed by atoms with Gasteiger partial charge in [-0.05, 0) is 19.3 Å². The number of anilines is 1. The fourth-order valence-electron chi connectivity index (χ4n) is 1.70. The van der Waals surface area contributed by atoms with Crippen molar-refractivity contribution in [3.05, 3.63) is 5.01 Å². The van der Waals surface area contributed by atoms with E-state index in [1.807, 2.05) is 6.92 Å². The monoisotopic (exact) mass is 275 g/mol. The summed E-state index contributed by atoms with van der Waals surface area (Å²) < 4.78 is 0. The molecule has 1 fully saturated rings. The molecule has 0 spiro atoms. The molecular weight excluding hydrogens is 262 g/mol. The lowest BCUT2D eigenvalue weighted by molar-refractivity contribution is 0.465. The predicted octanol–water partition coefficient (Wildman–Crippen LogP) is 2.46. The molecule has 2 unspecified atom stereocenters. The lowest BCUT2D eigenvalue weighted by atomic mass is 10.0. The summed E-state index contributed by atoms with van der Waals surface area (Å²) in [5, 5.41) is 10.4. The molecule has 0 saturated carbocycles. The van der Waals surface area contributed by atoms with Crippen LogP contribution in [-0.4, -0.2) is 28.1 Å². The highest BCUT2D eigenvalue weighted by atomic mass is 79.9. The van der Waals surface area contributed by atoms with Gasteiger partial charge in [0.2, 0.25) is 5.13 Å². The van der Waals surface area contributed by atoms with E-state index in [1.54, 1.807) is 11.3 Å². The van der Waals surface area contributed by atoms with E-state index in [0.717, 1.165) is 23.2 Å². The number of halogens is 1. The van der Waals surface area contributed by atoms with Crippen molar-refractivity contribution >= 4 is 32.4 Å². The van der Waals surface area contributed by atoms with Gasteiger partial charge in [-0.3, -0.25) is 0 Å². The molecule has 1 aliphatic heterocycles. The lowest BCUT2D eigenvalue weighted by Crippen LogP contribution is -2.39. The zero-order valence-corrected chi connectivity index (χ0v) is 10.8. The van der Waals surface area contributed by atoms with Gasteiger partial charge in [-0.25, -0.2) is 0 Å². The zero-order chi connectivity index (χ0) is 10.1. The first-order chi connectivity index (χ1) is 6.66. The molecule has 5 heteroatoms. The fourth-order valence-corrected chi connectivity index (χ4v) is 2.80. The van der Waals surface area contributed by atoms with Gasteiger partial charge in [0.1, 0.15) is 5.01 Å². The minimum absolute atomic E-state index is 0.660. The molecule has 0 amide bonds. The molecule has 0 aliphatic carbocycles. The molecule has 78 valence electrons. The van der Waals surface area contributed by atoms with Crippen LogP contribution in [0.3, 0.4) is 0 Å². The Hall–Kier alpha value is -0.160. The van der Waals surface area contributed by atoms with Gasteiger partial charge in [-0.15, -0.1) is 10.2 Å². The number of piperidine rings is 1. The first-order valence-electron chi connectivity index (χ1n) is 4.86. The second kappa shape index (κ2) is 4.14. The van der Waals surface area contributed by atoms with E-state index in [4.69, 9.17) is 0 Å². The Kier molecular flexibility index (Phi) is 3.07. The van der Waals surface area contributed by atoms with E-state index in [-0.39, 0.29) is 0 Å². The van der Waals surface area contributed by atoms with Gasteiger partial charge in [0, 0.05) is 17.9 Å². The molecule has 0 bridgehead atoms. The van der Waals surface area contributed by atoms with E-state index in [0.29, 0.717) is 10.7 Å². The predicted molar refractivity (Wildman–Crippen MR) is 63.4 cm³/mol. The highest BCUT2D eigenvalue weighted by Gasteiger charge is 2.25. The van der Waals surface area contributed by atoms with E-state index in [9.17, 15) is 0 Å². The number of nitrogens with zero attached hydrogens (tertiary/aromatic N) is 3. The smallest absolute Gasteiger partial charge is 0.208 e. The Morgan fingerprint density at radius 1 is 1.50 bits per heavy atom. The van der Waals surface area contributed by atoms with Crippen molar-refractivity contribution in [2.75, 3.05) is 18.0 Å². The van der Waals surface area contributed by atoms with E-state index in [2.05, 4.69) is 38.0 Å². The van der Waals surface area contributed by atoms with E-state index < -0.39 is 0 Å². The number of hydrogen-bond donors (Lipinski definition) is 0. The molecule has 14 heavy (non-hydrogen) atoms. The van der Waals surface area contributed by atoms with Gasteiger partial charge in [0.25, 0.3) is 0 Å².